The fraction of sp³-hybridized carbons (Fsp3) is 0.250. The number of likely N-dealkylation sites (tertiary alicyclic amines) is 1. The van der Waals surface area contributed by atoms with Crippen molar-refractivity contribution in [2.45, 2.75) is 18.9 Å². The second-order valence-corrected chi connectivity index (χ2v) is 6.40. The summed E-state index contributed by atoms with van der Waals surface area (Å²) in [5, 5.41) is 4.90. The minimum atomic E-state index is -0.169. The second-order valence-electron chi connectivity index (χ2n) is 6.40. The molecule has 3 aromatic rings. The number of aromatic nitrogens is 1. The molecule has 6 nitrogen and oxygen atoms in total. The van der Waals surface area contributed by atoms with E-state index in [1.165, 1.54) is 6.26 Å². The molecule has 1 aromatic carbocycles. The van der Waals surface area contributed by atoms with Crippen molar-refractivity contribution < 1.29 is 14.0 Å². The van der Waals surface area contributed by atoms with Gasteiger partial charge in [0, 0.05) is 30.7 Å². The zero-order valence-electron chi connectivity index (χ0n) is 14.2. The number of fused-ring (bicyclic) bond motifs is 1. The standard InChI is InChI=1S/C20H19N3O3/c24-19(18-16-5-2-1-4-14(16)7-10-21-18)22-15-8-11-23(12-9-15)20(25)17-6-3-13-26-17/h1-7,10,13,15H,8-9,11-12H2,(H,22,24). The van der Waals surface area contributed by atoms with Crippen molar-refractivity contribution in [1.29, 1.82) is 0 Å². The predicted octanol–water partition coefficient (Wildman–Crippen LogP) is 2.86. The maximum atomic E-state index is 12.7. The maximum Gasteiger partial charge on any atom is 0.289 e. The van der Waals surface area contributed by atoms with E-state index < -0.39 is 0 Å². The predicted molar refractivity (Wildman–Crippen MR) is 96.8 cm³/mol. The van der Waals surface area contributed by atoms with Crippen molar-refractivity contribution in [2.24, 2.45) is 0 Å². The molecule has 1 aliphatic rings. The Hall–Kier alpha value is -3.15. The summed E-state index contributed by atoms with van der Waals surface area (Å²) < 4.78 is 5.17. The number of nitrogens with one attached hydrogen (secondary N) is 1. The Morgan fingerprint density at radius 2 is 1.88 bits per heavy atom. The molecular formula is C20H19N3O3. The molecule has 0 bridgehead atoms. The number of nitrogens with zero attached hydrogens (tertiary/aromatic N) is 2. The Bertz CT molecular complexity index is 923. The molecular weight excluding hydrogens is 330 g/mol. The quantitative estimate of drug-likeness (QED) is 0.789. The summed E-state index contributed by atoms with van der Waals surface area (Å²) in [5.74, 6) is 0.0838. The lowest BCUT2D eigenvalue weighted by Gasteiger charge is -2.31. The van der Waals surface area contributed by atoms with E-state index in [4.69, 9.17) is 4.42 Å². The van der Waals surface area contributed by atoms with Crippen molar-refractivity contribution in [3.8, 4) is 0 Å². The van der Waals surface area contributed by atoms with Gasteiger partial charge in [-0.05, 0) is 36.4 Å². The molecule has 0 spiro atoms. The third kappa shape index (κ3) is 3.18. The Morgan fingerprint density at radius 1 is 1.08 bits per heavy atom. The lowest BCUT2D eigenvalue weighted by molar-refractivity contribution is 0.0667. The topological polar surface area (TPSA) is 75.4 Å². The molecule has 1 aliphatic heterocycles. The van der Waals surface area contributed by atoms with Crippen molar-refractivity contribution in [3.05, 3.63) is 66.4 Å². The van der Waals surface area contributed by atoms with Crippen LogP contribution >= 0.6 is 0 Å². The van der Waals surface area contributed by atoms with Crippen LogP contribution in [0, 0.1) is 0 Å². The first-order valence-corrected chi connectivity index (χ1v) is 8.70. The third-order valence-electron chi connectivity index (χ3n) is 4.74. The maximum absolute atomic E-state index is 12.7. The van der Waals surface area contributed by atoms with Crippen molar-refractivity contribution in [1.82, 2.24) is 15.2 Å². The van der Waals surface area contributed by atoms with Crippen LogP contribution in [-0.4, -0.2) is 40.8 Å². The molecule has 1 N–H and O–H groups in total. The van der Waals surface area contributed by atoms with Gasteiger partial charge in [0.05, 0.1) is 6.26 Å². The SMILES string of the molecule is O=C(NC1CCN(C(=O)c2ccco2)CC1)c1nccc2ccccc12. The second kappa shape index (κ2) is 7.00. The number of piperidine rings is 1. The van der Waals surface area contributed by atoms with Crippen molar-refractivity contribution >= 4 is 22.6 Å². The molecule has 0 radical (unpaired) electrons. The molecule has 0 atom stereocenters. The Labute approximate surface area is 150 Å². The van der Waals surface area contributed by atoms with Gasteiger partial charge in [-0.15, -0.1) is 0 Å². The molecule has 1 fully saturated rings. The van der Waals surface area contributed by atoms with E-state index in [-0.39, 0.29) is 17.9 Å². The van der Waals surface area contributed by atoms with Gasteiger partial charge in [-0.3, -0.25) is 14.6 Å². The van der Waals surface area contributed by atoms with Crippen LogP contribution in [0.15, 0.2) is 59.3 Å². The molecule has 0 saturated carbocycles. The van der Waals surface area contributed by atoms with Crippen LogP contribution in [0.5, 0.6) is 0 Å². The first-order valence-electron chi connectivity index (χ1n) is 8.70. The number of hydrogen-bond acceptors (Lipinski definition) is 4. The van der Waals surface area contributed by atoms with Gasteiger partial charge < -0.3 is 14.6 Å². The number of benzene rings is 1. The number of furan rings is 1. The van der Waals surface area contributed by atoms with Gasteiger partial charge in [-0.1, -0.05) is 24.3 Å². The van der Waals surface area contributed by atoms with Gasteiger partial charge in [0.25, 0.3) is 11.8 Å². The Kier molecular flexibility index (Phi) is 4.39. The summed E-state index contributed by atoms with van der Waals surface area (Å²) in [5.41, 5.74) is 0.442. The zero-order chi connectivity index (χ0) is 17.9. The summed E-state index contributed by atoms with van der Waals surface area (Å²) in [6.45, 7) is 1.18. The van der Waals surface area contributed by atoms with Crippen LogP contribution in [0.3, 0.4) is 0 Å². The van der Waals surface area contributed by atoms with E-state index in [1.807, 2.05) is 30.3 Å². The molecule has 6 heteroatoms. The Morgan fingerprint density at radius 3 is 2.65 bits per heavy atom. The lowest BCUT2D eigenvalue weighted by Crippen LogP contribution is -2.46. The number of amides is 2. The molecule has 0 unspecified atom stereocenters. The van der Waals surface area contributed by atoms with E-state index in [2.05, 4.69) is 10.3 Å². The smallest absolute Gasteiger partial charge is 0.289 e. The third-order valence-corrected chi connectivity index (χ3v) is 4.74. The molecule has 2 amide bonds. The summed E-state index contributed by atoms with van der Waals surface area (Å²) in [6.07, 6.45) is 4.57. The normalized spacial score (nSPS) is 15.2. The average Bonchev–Trinajstić information content (AvgIpc) is 3.22. The Balaban J connectivity index is 1.40. The van der Waals surface area contributed by atoms with Gasteiger partial charge >= 0.3 is 0 Å². The molecule has 3 heterocycles. The molecule has 26 heavy (non-hydrogen) atoms. The highest BCUT2D eigenvalue weighted by Gasteiger charge is 2.26. The molecule has 0 aliphatic carbocycles. The minimum absolute atomic E-state index is 0.0314. The van der Waals surface area contributed by atoms with Gasteiger partial charge in [-0.2, -0.15) is 0 Å². The van der Waals surface area contributed by atoms with E-state index in [0.29, 0.717) is 37.4 Å². The molecule has 132 valence electrons. The average molecular weight is 349 g/mol. The number of rotatable bonds is 3. The number of carbonyl (C=O) groups excluding carboxylic acids is 2. The summed E-state index contributed by atoms with van der Waals surface area (Å²) in [6, 6.07) is 13.0. The molecule has 2 aromatic heterocycles. The minimum Gasteiger partial charge on any atom is -0.459 e. The molecule has 4 rings (SSSR count). The van der Waals surface area contributed by atoms with E-state index in [9.17, 15) is 9.59 Å². The van der Waals surface area contributed by atoms with Crippen molar-refractivity contribution in [2.75, 3.05) is 13.1 Å². The van der Waals surface area contributed by atoms with E-state index >= 15 is 0 Å². The fourth-order valence-electron chi connectivity index (χ4n) is 3.34. The molecule has 1 saturated heterocycles. The lowest BCUT2D eigenvalue weighted by atomic mass is 10.0. The highest BCUT2D eigenvalue weighted by Crippen LogP contribution is 2.18. The monoisotopic (exact) mass is 349 g/mol. The number of hydrogen-bond donors (Lipinski definition) is 1. The highest BCUT2D eigenvalue weighted by molar-refractivity contribution is 6.05. The van der Waals surface area contributed by atoms with Crippen molar-refractivity contribution in [3.63, 3.8) is 0 Å². The van der Waals surface area contributed by atoms with E-state index in [0.717, 1.165) is 10.8 Å². The van der Waals surface area contributed by atoms with Gasteiger partial charge in [-0.25, -0.2) is 0 Å². The van der Waals surface area contributed by atoms with Crippen LogP contribution in [0.4, 0.5) is 0 Å². The van der Waals surface area contributed by atoms with E-state index in [1.54, 1.807) is 23.2 Å². The van der Waals surface area contributed by atoms with Gasteiger partial charge in [0.15, 0.2) is 5.76 Å². The largest absolute Gasteiger partial charge is 0.459 e. The number of pyridine rings is 1. The van der Waals surface area contributed by atoms with Crippen LogP contribution in [0.25, 0.3) is 10.8 Å². The summed E-state index contributed by atoms with van der Waals surface area (Å²) >= 11 is 0. The van der Waals surface area contributed by atoms with Crippen LogP contribution in [-0.2, 0) is 0 Å². The fourth-order valence-corrected chi connectivity index (χ4v) is 3.34. The highest BCUT2D eigenvalue weighted by atomic mass is 16.3. The van der Waals surface area contributed by atoms with Crippen LogP contribution < -0.4 is 5.32 Å². The van der Waals surface area contributed by atoms with Gasteiger partial charge in [0.2, 0.25) is 0 Å². The zero-order valence-corrected chi connectivity index (χ0v) is 14.2. The van der Waals surface area contributed by atoms with Crippen LogP contribution in [0.1, 0.15) is 33.9 Å². The van der Waals surface area contributed by atoms with Gasteiger partial charge in [0.1, 0.15) is 5.69 Å². The first kappa shape index (κ1) is 16.3. The summed E-state index contributed by atoms with van der Waals surface area (Å²) in [4.78, 5) is 31.0. The number of carbonyl (C=O) groups is 2. The first-order chi connectivity index (χ1) is 12.7. The van der Waals surface area contributed by atoms with Crippen LogP contribution in [0.2, 0.25) is 0 Å². The summed E-state index contributed by atoms with van der Waals surface area (Å²) in [7, 11) is 0.